The third-order valence-electron chi connectivity index (χ3n) is 1.17. The molecule has 1 aliphatic heterocycles. The summed E-state index contributed by atoms with van der Waals surface area (Å²) in [5, 5.41) is 3.59. The van der Waals surface area contributed by atoms with E-state index < -0.39 is 0 Å². The van der Waals surface area contributed by atoms with Gasteiger partial charge in [0.2, 0.25) is 0 Å². The van der Waals surface area contributed by atoms with Crippen LogP contribution in [0.15, 0.2) is 28.4 Å². The molecule has 2 rings (SSSR count). The van der Waals surface area contributed by atoms with E-state index in [1.807, 2.05) is 12.1 Å². The molecule has 0 saturated carbocycles. The van der Waals surface area contributed by atoms with Crippen molar-refractivity contribution >= 4 is 17.5 Å². The molecule has 4 nitrogen and oxygen atoms in total. The molecule has 10 heavy (non-hydrogen) atoms. The summed E-state index contributed by atoms with van der Waals surface area (Å²) >= 11 is 0. The van der Waals surface area contributed by atoms with Gasteiger partial charge in [0.05, 0.1) is 0 Å². The Morgan fingerprint density at radius 1 is 1.50 bits per heavy atom. The van der Waals surface area contributed by atoms with Crippen LogP contribution in [0.2, 0.25) is 0 Å². The SMILES string of the molecule is C1=NNc2ncccc2N=1. The van der Waals surface area contributed by atoms with Crippen LogP contribution in [-0.2, 0) is 0 Å². The Morgan fingerprint density at radius 2 is 2.50 bits per heavy atom. The van der Waals surface area contributed by atoms with Gasteiger partial charge in [-0.05, 0) is 12.1 Å². The molecule has 0 radical (unpaired) electrons. The van der Waals surface area contributed by atoms with Gasteiger partial charge in [-0.2, -0.15) is 4.99 Å². The number of hydrazone groups is 1. The molecule has 0 fully saturated rings. The van der Waals surface area contributed by atoms with Crippen molar-refractivity contribution in [1.82, 2.24) is 4.98 Å². The van der Waals surface area contributed by atoms with Crippen molar-refractivity contribution in [3.05, 3.63) is 18.3 Å². The third kappa shape index (κ3) is 0.674. The van der Waals surface area contributed by atoms with E-state index in [9.17, 15) is 0 Å². The predicted molar refractivity (Wildman–Crippen MR) is 37.4 cm³/mol. The average Bonchev–Trinajstić information content (AvgIpc) is 2.05. The molecule has 0 amide bonds. The minimum atomic E-state index is 0.682. The van der Waals surface area contributed by atoms with Gasteiger partial charge in [0.25, 0.3) is 0 Å². The van der Waals surface area contributed by atoms with Crippen LogP contribution in [0.4, 0.5) is 11.5 Å². The second-order valence-corrected chi connectivity index (χ2v) is 1.81. The lowest BCUT2D eigenvalue weighted by Gasteiger charge is -2.01. The fraction of sp³-hybridized carbons (Fsp3) is 0. The molecule has 0 unspecified atom stereocenters. The number of anilines is 1. The smallest absolute Gasteiger partial charge is 0.173 e. The fourth-order valence-corrected chi connectivity index (χ4v) is 0.730. The van der Waals surface area contributed by atoms with Gasteiger partial charge >= 0.3 is 0 Å². The highest BCUT2D eigenvalue weighted by Crippen LogP contribution is 2.21. The van der Waals surface area contributed by atoms with Crippen LogP contribution in [0.1, 0.15) is 0 Å². The zero-order chi connectivity index (χ0) is 6.81. The summed E-state index contributed by atoms with van der Waals surface area (Å²) in [5.41, 5.74) is 3.45. The van der Waals surface area contributed by atoms with Crippen LogP contribution in [-0.4, -0.2) is 11.0 Å². The van der Waals surface area contributed by atoms with Crippen molar-refractivity contribution in [2.75, 3.05) is 5.43 Å². The van der Waals surface area contributed by atoms with E-state index in [0.717, 1.165) is 5.69 Å². The molecule has 1 N–H and O–H groups in total. The van der Waals surface area contributed by atoms with Crippen LogP contribution < -0.4 is 5.43 Å². The van der Waals surface area contributed by atoms with Gasteiger partial charge < -0.3 is 0 Å². The highest BCUT2D eigenvalue weighted by atomic mass is 15.3. The van der Waals surface area contributed by atoms with E-state index >= 15 is 0 Å². The second-order valence-electron chi connectivity index (χ2n) is 1.81. The molecule has 0 aromatic carbocycles. The van der Waals surface area contributed by atoms with E-state index in [0.29, 0.717) is 5.82 Å². The standard InChI is InChI=1S/C6H4N4/c1-2-5-6(7-3-1)10-9-4-8-5/h1-3H,(H,7,10). The van der Waals surface area contributed by atoms with E-state index in [-0.39, 0.29) is 0 Å². The van der Waals surface area contributed by atoms with Crippen molar-refractivity contribution in [2.45, 2.75) is 0 Å². The van der Waals surface area contributed by atoms with Crippen LogP contribution in [0.25, 0.3) is 0 Å². The van der Waals surface area contributed by atoms with Crippen molar-refractivity contribution < 1.29 is 0 Å². The molecule has 0 bridgehead atoms. The summed E-state index contributed by atoms with van der Waals surface area (Å²) in [4.78, 5) is 7.83. The average molecular weight is 132 g/mol. The van der Waals surface area contributed by atoms with Gasteiger partial charge in [-0.25, -0.2) is 10.4 Å². The van der Waals surface area contributed by atoms with Gasteiger partial charge in [0.1, 0.15) is 11.7 Å². The van der Waals surface area contributed by atoms with Crippen LogP contribution in [0.5, 0.6) is 0 Å². The topological polar surface area (TPSA) is 49.6 Å². The maximum Gasteiger partial charge on any atom is 0.173 e. The molecule has 0 atom stereocenters. The lowest BCUT2D eigenvalue weighted by Crippen LogP contribution is -1.93. The summed E-state index contributed by atoms with van der Waals surface area (Å²) in [6.45, 7) is 0. The summed E-state index contributed by atoms with van der Waals surface area (Å²) in [7, 11) is 0. The van der Waals surface area contributed by atoms with E-state index in [4.69, 9.17) is 0 Å². The Balaban J connectivity index is 2.63. The van der Waals surface area contributed by atoms with Crippen molar-refractivity contribution in [3.63, 3.8) is 0 Å². The number of hydrogen-bond acceptors (Lipinski definition) is 4. The number of hydrogen-bond donors (Lipinski definition) is 1. The first-order chi connectivity index (χ1) is 4.97. The fourth-order valence-electron chi connectivity index (χ4n) is 0.730. The Labute approximate surface area is 57.3 Å². The number of aromatic nitrogens is 1. The monoisotopic (exact) mass is 132 g/mol. The lowest BCUT2D eigenvalue weighted by atomic mass is 10.4. The Morgan fingerprint density at radius 3 is 3.40 bits per heavy atom. The lowest BCUT2D eigenvalue weighted by molar-refractivity contribution is 1.20. The van der Waals surface area contributed by atoms with Gasteiger partial charge in [-0.3, -0.25) is 0 Å². The number of nitrogens with zero attached hydrogens (tertiary/aromatic N) is 3. The van der Waals surface area contributed by atoms with Crippen molar-refractivity contribution in [1.29, 1.82) is 0 Å². The Hall–Kier alpha value is -1.67. The van der Waals surface area contributed by atoms with E-state index in [2.05, 4.69) is 26.5 Å². The van der Waals surface area contributed by atoms with E-state index in [1.54, 1.807) is 6.20 Å². The molecule has 0 aliphatic carbocycles. The molecule has 1 aliphatic rings. The molecule has 4 heteroatoms. The molecule has 1 aromatic heterocycles. The second kappa shape index (κ2) is 1.93. The van der Waals surface area contributed by atoms with Gasteiger partial charge in [0, 0.05) is 6.20 Å². The highest BCUT2D eigenvalue weighted by molar-refractivity contribution is 5.68. The summed E-state index contributed by atoms with van der Waals surface area (Å²) in [6.07, 6.45) is 1.68. The Bertz CT molecular complexity index is 311. The molecular formula is C6H4N4. The van der Waals surface area contributed by atoms with Gasteiger partial charge in [-0.1, -0.05) is 0 Å². The molecule has 0 spiro atoms. The molecular weight excluding hydrogens is 128 g/mol. The first kappa shape index (κ1) is 5.14. The molecule has 2 heterocycles. The van der Waals surface area contributed by atoms with Gasteiger partial charge in [0.15, 0.2) is 5.82 Å². The zero-order valence-corrected chi connectivity index (χ0v) is 5.07. The molecule has 0 saturated heterocycles. The highest BCUT2D eigenvalue weighted by Gasteiger charge is 2.00. The van der Waals surface area contributed by atoms with Crippen molar-refractivity contribution in [2.24, 2.45) is 10.1 Å². The number of pyridine rings is 1. The number of aliphatic imine (C=N–C) groups is 1. The minimum absolute atomic E-state index is 0.682. The number of nitrogens with one attached hydrogen (secondary N) is 1. The van der Waals surface area contributed by atoms with E-state index in [1.165, 1.54) is 0 Å². The summed E-state index contributed by atoms with van der Waals surface area (Å²) in [5.74, 6) is 0.682. The van der Waals surface area contributed by atoms with Crippen LogP contribution in [0.3, 0.4) is 0 Å². The predicted octanol–water partition coefficient (Wildman–Crippen LogP) is 1.23. The zero-order valence-electron chi connectivity index (χ0n) is 5.07. The van der Waals surface area contributed by atoms with Crippen molar-refractivity contribution in [3.8, 4) is 0 Å². The third-order valence-corrected chi connectivity index (χ3v) is 1.17. The Kier molecular flexibility index (Phi) is 0.993. The largest absolute Gasteiger partial charge is 0.250 e. The number of fused-ring (bicyclic) bond motifs is 1. The molecule has 1 aromatic rings. The first-order valence-electron chi connectivity index (χ1n) is 2.83. The maximum absolute atomic E-state index is 3.98. The maximum atomic E-state index is 3.98. The minimum Gasteiger partial charge on any atom is -0.250 e. The quantitative estimate of drug-likeness (QED) is 0.577. The summed E-state index contributed by atoms with van der Waals surface area (Å²) < 4.78 is 0. The summed E-state index contributed by atoms with van der Waals surface area (Å²) in [6, 6.07) is 6.10. The normalized spacial score (nSPS) is 12.4. The number of rotatable bonds is 0. The molecule has 48 valence electrons. The van der Waals surface area contributed by atoms with Crippen LogP contribution >= 0.6 is 0 Å². The van der Waals surface area contributed by atoms with Gasteiger partial charge in [-0.15, -0.1) is 5.10 Å². The first-order valence-corrected chi connectivity index (χ1v) is 2.83. The van der Waals surface area contributed by atoms with Crippen LogP contribution in [0, 0.1) is 0 Å².